The first-order chi connectivity index (χ1) is 6.09. The van der Waals surface area contributed by atoms with Crippen LogP contribution in [0.5, 0.6) is 0 Å². The van der Waals surface area contributed by atoms with E-state index in [2.05, 4.69) is 26.1 Å². The second-order valence-corrected chi connectivity index (χ2v) is 4.21. The highest BCUT2D eigenvalue weighted by Crippen LogP contribution is 2.10. The van der Waals surface area contributed by atoms with Crippen LogP contribution in [0.2, 0.25) is 0 Å². The third-order valence-corrected chi connectivity index (χ3v) is 2.25. The van der Waals surface area contributed by atoms with Crippen molar-refractivity contribution in [3.63, 3.8) is 0 Å². The molecule has 0 radical (unpaired) electrons. The Bertz CT molecular complexity index is 180. The molecule has 0 spiro atoms. The first-order valence-electron chi connectivity index (χ1n) is 5.02. The van der Waals surface area contributed by atoms with E-state index in [0.717, 1.165) is 12.8 Å². The number of nitrogens with one attached hydrogen (secondary N) is 1. The van der Waals surface area contributed by atoms with E-state index < -0.39 is 0 Å². The molecule has 1 heterocycles. The number of esters is 1. The second-order valence-electron chi connectivity index (χ2n) is 4.21. The Hall–Kier alpha value is -0.570. The molecule has 1 rings (SSSR count). The summed E-state index contributed by atoms with van der Waals surface area (Å²) >= 11 is 0. The molecular formula is C10H19NO2. The summed E-state index contributed by atoms with van der Waals surface area (Å²) in [5.74, 6) is 0.579. The highest BCUT2D eigenvalue weighted by molar-refractivity contribution is 5.77. The average Bonchev–Trinajstić information content (AvgIpc) is 2.34. The Labute approximate surface area is 79.8 Å². The van der Waals surface area contributed by atoms with Gasteiger partial charge in [-0.1, -0.05) is 13.8 Å². The minimum absolute atomic E-state index is 0.0613. The molecule has 3 nitrogen and oxygen atoms in total. The summed E-state index contributed by atoms with van der Waals surface area (Å²) in [6, 6.07) is 0.337. The van der Waals surface area contributed by atoms with Gasteiger partial charge in [-0.2, -0.15) is 0 Å². The molecule has 0 aromatic heterocycles. The van der Waals surface area contributed by atoms with Gasteiger partial charge in [-0.3, -0.25) is 4.79 Å². The van der Waals surface area contributed by atoms with Gasteiger partial charge in [0.1, 0.15) is 6.04 Å². The van der Waals surface area contributed by atoms with Gasteiger partial charge in [0, 0.05) is 12.5 Å². The van der Waals surface area contributed by atoms with Gasteiger partial charge < -0.3 is 10.1 Å². The molecule has 2 unspecified atom stereocenters. The number of hydrogen-bond donors (Lipinski definition) is 1. The zero-order valence-corrected chi connectivity index (χ0v) is 8.67. The smallest absolute Gasteiger partial charge is 0.323 e. The summed E-state index contributed by atoms with van der Waals surface area (Å²) in [6.07, 6.45) is 1.92. The van der Waals surface area contributed by atoms with E-state index in [1.165, 1.54) is 0 Å². The minimum Gasteiger partial charge on any atom is -0.464 e. The molecule has 0 saturated carbocycles. The maximum absolute atomic E-state index is 11.1. The average molecular weight is 185 g/mol. The molecule has 1 aliphatic heterocycles. The molecule has 1 N–H and O–H groups in total. The quantitative estimate of drug-likeness (QED) is 0.671. The molecule has 1 aliphatic rings. The second kappa shape index (κ2) is 4.61. The number of ether oxygens (including phenoxy) is 1. The third kappa shape index (κ3) is 3.35. The van der Waals surface area contributed by atoms with E-state index in [0.29, 0.717) is 18.6 Å². The molecule has 13 heavy (non-hydrogen) atoms. The molecule has 0 amide bonds. The van der Waals surface area contributed by atoms with Crippen LogP contribution in [-0.2, 0) is 9.53 Å². The van der Waals surface area contributed by atoms with Crippen LogP contribution in [0.1, 0.15) is 33.6 Å². The van der Waals surface area contributed by atoms with E-state index in [-0.39, 0.29) is 12.0 Å². The Balaban J connectivity index is 2.27. The zero-order valence-electron chi connectivity index (χ0n) is 8.67. The highest BCUT2D eigenvalue weighted by atomic mass is 16.5. The summed E-state index contributed by atoms with van der Waals surface area (Å²) in [5, 5.41) is 3.29. The Morgan fingerprint density at radius 3 is 2.69 bits per heavy atom. The first-order valence-corrected chi connectivity index (χ1v) is 5.02. The van der Waals surface area contributed by atoms with Gasteiger partial charge in [0.2, 0.25) is 0 Å². The van der Waals surface area contributed by atoms with E-state index in [1.807, 2.05) is 0 Å². The van der Waals surface area contributed by atoms with Gasteiger partial charge in [-0.25, -0.2) is 0 Å². The number of carbonyl (C=O) groups excluding carboxylic acids is 1. The van der Waals surface area contributed by atoms with Gasteiger partial charge in [-0.15, -0.1) is 0 Å². The van der Waals surface area contributed by atoms with Gasteiger partial charge in [0.05, 0.1) is 6.61 Å². The molecule has 0 aromatic carbocycles. The lowest BCUT2D eigenvalue weighted by Gasteiger charge is -2.18. The summed E-state index contributed by atoms with van der Waals surface area (Å²) in [6.45, 7) is 7.06. The molecule has 3 heteroatoms. The summed E-state index contributed by atoms with van der Waals surface area (Å²) in [7, 11) is 0. The highest BCUT2D eigenvalue weighted by Gasteiger charge is 2.27. The number of carbonyl (C=O) groups is 1. The van der Waals surface area contributed by atoms with Crippen LogP contribution in [0.25, 0.3) is 0 Å². The van der Waals surface area contributed by atoms with E-state index >= 15 is 0 Å². The Kier molecular flexibility index (Phi) is 3.72. The van der Waals surface area contributed by atoms with Crippen molar-refractivity contribution in [1.82, 2.24) is 5.32 Å². The van der Waals surface area contributed by atoms with Crippen molar-refractivity contribution in [2.24, 2.45) is 5.92 Å². The van der Waals surface area contributed by atoms with Crippen LogP contribution in [0, 0.1) is 5.92 Å². The Morgan fingerprint density at radius 1 is 1.54 bits per heavy atom. The number of hydrogen-bond acceptors (Lipinski definition) is 3. The molecule has 0 bridgehead atoms. The monoisotopic (exact) mass is 185 g/mol. The SMILES string of the molecule is CC(C)CC(C)NC1CCOC1=O. The Morgan fingerprint density at radius 2 is 2.23 bits per heavy atom. The largest absolute Gasteiger partial charge is 0.464 e. The summed E-state index contributed by atoms with van der Waals surface area (Å²) in [5.41, 5.74) is 0. The molecule has 2 atom stereocenters. The van der Waals surface area contributed by atoms with Crippen LogP contribution >= 0.6 is 0 Å². The van der Waals surface area contributed by atoms with Crippen molar-refractivity contribution in [3.8, 4) is 0 Å². The van der Waals surface area contributed by atoms with Crippen molar-refractivity contribution in [1.29, 1.82) is 0 Å². The molecule has 0 aromatic rings. The van der Waals surface area contributed by atoms with Crippen LogP contribution in [0.15, 0.2) is 0 Å². The minimum atomic E-state index is -0.0874. The van der Waals surface area contributed by atoms with Crippen molar-refractivity contribution in [2.75, 3.05) is 6.61 Å². The number of cyclic esters (lactones) is 1. The van der Waals surface area contributed by atoms with Crippen molar-refractivity contribution in [3.05, 3.63) is 0 Å². The maximum atomic E-state index is 11.1. The van der Waals surface area contributed by atoms with Gasteiger partial charge in [0.25, 0.3) is 0 Å². The van der Waals surface area contributed by atoms with Crippen LogP contribution < -0.4 is 5.32 Å². The first kappa shape index (κ1) is 10.5. The van der Waals surface area contributed by atoms with Gasteiger partial charge in [-0.05, 0) is 19.3 Å². The fraction of sp³-hybridized carbons (Fsp3) is 0.900. The number of rotatable bonds is 4. The zero-order chi connectivity index (χ0) is 9.84. The standard InChI is InChI=1S/C10H19NO2/c1-7(2)6-8(3)11-9-4-5-13-10(9)12/h7-9,11H,4-6H2,1-3H3. The molecule has 76 valence electrons. The van der Waals surface area contributed by atoms with Crippen molar-refractivity contribution in [2.45, 2.75) is 45.7 Å². The summed E-state index contributed by atoms with van der Waals surface area (Å²) in [4.78, 5) is 11.1. The maximum Gasteiger partial charge on any atom is 0.323 e. The van der Waals surface area contributed by atoms with Crippen molar-refractivity contribution < 1.29 is 9.53 Å². The van der Waals surface area contributed by atoms with Gasteiger partial charge >= 0.3 is 5.97 Å². The van der Waals surface area contributed by atoms with Crippen molar-refractivity contribution >= 4 is 5.97 Å². The van der Waals surface area contributed by atoms with Crippen LogP contribution in [0.4, 0.5) is 0 Å². The lowest BCUT2D eigenvalue weighted by molar-refractivity contribution is -0.139. The van der Waals surface area contributed by atoms with E-state index in [9.17, 15) is 4.79 Å². The van der Waals surface area contributed by atoms with E-state index in [1.54, 1.807) is 0 Å². The molecule has 1 fully saturated rings. The fourth-order valence-corrected chi connectivity index (χ4v) is 1.77. The summed E-state index contributed by atoms with van der Waals surface area (Å²) < 4.78 is 4.87. The van der Waals surface area contributed by atoms with Crippen LogP contribution in [-0.4, -0.2) is 24.7 Å². The molecule has 1 saturated heterocycles. The predicted molar refractivity (Wildman–Crippen MR) is 51.4 cm³/mol. The normalized spacial score (nSPS) is 24.9. The third-order valence-electron chi connectivity index (χ3n) is 2.25. The van der Waals surface area contributed by atoms with Crippen LogP contribution in [0.3, 0.4) is 0 Å². The molecular weight excluding hydrogens is 166 g/mol. The van der Waals surface area contributed by atoms with E-state index in [4.69, 9.17) is 4.74 Å². The fourth-order valence-electron chi connectivity index (χ4n) is 1.77. The lowest BCUT2D eigenvalue weighted by atomic mass is 10.0. The lowest BCUT2D eigenvalue weighted by Crippen LogP contribution is -2.40. The van der Waals surface area contributed by atoms with Gasteiger partial charge in [0.15, 0.2) is 0 Å². The topological polar surface area (TPSA) is 38.3 Å². The predicted octanol–water partition coefficient (Wildman–Crippen LogP) is 1.33. The molecule has 0 aliphatic carbocycles.